The summed E-state index contributed by atoms with van der Waals surface area (Å²) in [5.41, 5.74) is 1.80. The van der Waals surface area contributed by atoms with Crippen LogP contribution < -0.4 is 14.4 Å². The quantitative estimate of drug-likeness (QED) is 0.341. The van der Waals surface area contributed by atoms with E-state index in [1.165, 1.54) is 17.0 Å². The summed E-state index contributed by atoms with van der Waals surface area (Å²) in [5, 5.41) is 10.2. The third-order valence-corrected chi connectivity index (χ3v) is 9.38. The number of fused-ring (bicyclic) bond motifs is 3. The van der Waals surface area contributed by atoms with Gasteiger partial charge in [-0.2, -0.15) is 0 Å². The lowest BCUT2D eigenvalue weighted by atomic mass is 9.96. The number of carbonyl (C=O) groups excluding carboxylic acids is 1. The monoisotopic (exact) mass is 672 g/mol. The van der Waals surface area contributed by atoms with Gasteiger partial charge in [-0.05, 0) is 37.1 Å². The number of carboxylic acid groups (broad SMARTS) is 1. The van der Waals surface area contributed by atoms with Crippen LogP contribution in [0.3, 0.4) is 0 Å². The van der Waals surface area contributed by atoms with Gasteiger partial charge >= 0.3 is 5.97 Å². The third kappa shape index (κ3) is 5.86. The first-order valence-electron chi connectivity index (χ1n) is 15.1. The molecule has 7 rings (SSSR count). The number of benzene rings is 3. The number of rotatable bonds is 7. The average molecular weight is 674 g/mol. The topological polar surface area (TPSA) is 107 Å². The highest BCUT2D eigenvalue weighted by molar-refractivity contribution is 6.39. The number of halogens is 3. The van der Waals surface area contributed by atoms with Gasteiger partial charge in [0, 0.05) is 16.7 Å². The van der Waals surface area contributed by atoms with Gasteiger partial charge in [0.1, 0.15) is 30.0 Å². The molecule has 4 aliphatic rings. The fraction of sp³-hybridized carbons (Fsp3) is 0.394. The highest BCUT2D eigenvalue weighted by Gasteiger charge is 2.40. The number of aromatic carboxylic acids is 1. The number of hydrogen-bond acceptors (Lipinski definition) is 8. The van der Waals surface area contributed by atoms with Gasteiger partial charge in [0.25, 0.3) is 5.91 Å². The smallest absolute Gasteiger partial charge is 0.337 e. The van der Waals surface area contributed by atoms with E-state index < -0.39 is 17.7 Å². The van der Waals surface area contributed by atoms with E-state index >= 15 is 4.39 Å². The third-order valence-electron chi connectivity index (χ3n) is 8.78. The lowest BCUT2D eigenvalue weighted by Gasteiger charge is -2.37. The minimum Gasteiger partial charge on any atom is -0.491 e. The van der Waals surface area contributed by atoms with Gasteiger partial charge in [-0.25, -0.2) is 9.18 Å². The van der Waals surface area contributed by atoms with Gasteiger partial charge in [0.05, 0.1) is 78.5 Å². The van der Waals surface area contributed by atoms with Crippen LogP contribution in [0, 0.1) is 5.82 Å². The molecule has 0 aliphatic carbocycles. The van der Waals surface area contributed by atoms with Gasteiger partial charge < -0.3 is 38.6 Å². The summed E-state index contributed by atoms with van der Waals surface area (Å²) >= 11 is 13.1. The van der Waals surface area contributed by atoms with Crippen molar-refractivity contribution in [3.8, 4) is 22.6 Å². The van der Waals surface area contributed by atoms with Gasteiger partial charge in [0.2, 0.25) is 0 Å². The molecule has 1 amide bonds. The minimum absolute atomic E-state index is 0.0236. The van der Waals surface area contributed by atoms with E-state index in [9.17, 15) is 14.7 Å². The van der Waals surface area contributed by atoms with Crippen molar-refractivity contribution in [3.05, 3.63) is 75.0 Å². The number of ether oxygens (including phenoxy) is 5. The van der Waals surface area contributed by atoms with Crippen molar-refractivity contribution in [1.82, 2.24) is 4.90 Å². The maximum atomic E-state index is 15.7. The Labute approximate surface area is 274 Å². The van der Waals surface area contributed by atoms with Crippen LogP contribution in [0.15, 0.2) is 42.5 Å². The maximum Gasteiger partial charge on any atom is 0.337 e. The SMILES string of the molecule is O=C(O)c1cc(F)c(-c2cccc3c2OCN(C(=O)c2c(Cl)cc(OC[C@@H]4COCCO4)cc2Cl)C3)cc1N1C2CCC1COC2. The van der Waals surface area contributed by atoms with Gasteiger partial charge in [0.15, 0.2) is 6.73 Å². The van der Waals surface area contributed by atoms with Crippen molar-refractivity contribution >= 4 is 40.8 Å². The molecule has 2 unspecified atom stereocenters. The standard InChI is InChI=1S/C33H31Cl2FN2O8/c34-26-8-21(45-16-22-15-42-6-7-44-22)9-27(35)30(26)32(39)37-12-18-2-1-3-23(31(18)46-17-37)24-11-29(25(33(40)41)10-28(24)36)38-19-4-5-20(38)14-43-13-19/h1-3,8-11,19-20,22H,4-7,12-17H2,(H,40,41)/t19?,20?,22-/m0/s1. The van der Waals surface area contributed by atoms with E-state index in [1.54, 1.807) is 24.3 Å². The van der Waals surface area contributed by atoms with Crippen molar-refractivity contribution in [2.75, 3.05) is 51.3 Å². The largest absolute Gasteiger partial charge is 0.491 e. The molecule has 3 aromatic carbocycles. The highest BCUT2D eigenvalue weighted by Crippen LogP contribution is 2.43. The summed E-state index contributed by atoms with van der Waals surface area (Å²) in [6.45, 7) is 2.71. The normalized spacial score (nSPS) is 22.3. The van der Waals surface area contributed by atoms with Crippen molar-refractivity contribution in [2.24, 2.45) is 0 Å². The molecule has 0 spiro atoms. The second kappa shape index (κ2) is 12.9. The highest BCUT2D eigenvalue weighted by atomic mass is 35.5. The zero-order chi connectivity index (χ0) is 31.9. The van der Waals surface area contributed by atoms with E-state index in [4.69, 9.17) is 46.9 Å². The van der Waals surface area contributed by atoms with Crippen LogP contribution in [-0.4, -0.2) is 86.4 Å². The number of morpholine rings is 1. The molecule has 13 heteroatoms. The van der Waals surface area contributed by atoms with Crippen molar-refractivity contribution in [1.29, 1.82) is 0 Å². The van der Waals surface area contributed by atoms with E-state index in [0.29, 0.717) is 61.3 Å². The van der Waals surface area contributed by atoms with Crippen LogP contribution in [0.25, 0.3) is 11.1 Å². The zero-order valence-corrected chi connectivity index (χ0v) is 26.2. The molecule has 2 bridgehead atoms. The van der Waals surface area contributed by atoms with E-state index in [-0.39, 0.29) is 64.8 Å². The first-order valence-corrected chi connectivity index (χ1v) is 15.8. The second-order valence-electron chi connectivity index (χ2n) is 11.7. The molecule has 0 saturated carbocycles. The zero-order valence-electron chi connectivity index (χ0n) is 24.7. The van der Waals surface area contributed by atoms with Crippen molar-refractivity contribution in [2.45, 2.75) is 37.6 Å². The number of anilines is 1. The molecule has 4 aliphatic heterocycles. The molecule has 46 heavy (non-hydrogen) atoms. The minimum atomic E-state index is -1.20. The Morgan fingerprint density at radius 2 is 1.74 bits per heavy atom. The van der Waals surface area contributed by atoms with Gasteiger partial charge in [-0.15, -0.1) is 0 Å². The molecule has 3 saturated heterocycles. The molecule has 242 valence electrons. The van der Waals surface area contributed by atoms with Gasteiger partial charge in [-0.1, -0.05) is 41.4 Å². The van der Waals surface area contributed by atoms with E-state index in [0.717, 1.165) is 18.9 Å². The second-order valence-corrected chi connectivity index (χ2v) is 12.5. The van der Waals surface area contributed by atoms with Gasteiger partial charge in [-0.3, -0.25) is 4.79 Å². The summed E-state index contributed by atoms with van der Waals surface area (Å²) in [6, 6.07) is 11.1. The molecule has 0 aromatic heterocycles. The molecule has 0 radical (unpaired) electrons. The van der Waals surface area contributed by atoms with Crippen LogP contribution in [0.1, 0.15) is 39.1 Å². The Morgan fingerprint density at radius 1 is 0.978 bits per heavy atom. The lowest BCUT2D eigenvalue weighted by Crippen LogP contribution is -2.46. The summed E-state index contributed by atoms with van der Waals surface area (Å²) in [6.07, 6.45) is 1.53. The number of carbonyl (C=O) groups is 2. The Morgan fingerprint density at radius 3 is 2.43 bits per heavy atom. The molecule has 10 nitrogen and oxygen atoms in total. The Bertz CT molecular complexity index is 1640. The average Bonchev–Trinajstić information content (AvgIpc) is 3.30. The fourth-order valence-corrected chi connectivity index (χ4v) is 7.24. The molecule has 3 aromatic rings. The number of carboxylic acids is 1. The predicted molar refractivity (Wildman–Crippen MR) is 167 cm³/mol. The molecular weight excluding hydrogens is 642 g/mol. The molecule has 4 heterocycles. The first-order chi connectivity index (χ1) is 22.3. The van der Waals surface area contributed by atoms with E-state index in [2.05, 4.69) is 4.90 Å². The first kappa shape index (κ1) is 31.0. The van der Waals surface area contributed by atoms with Crippen molar-refractivity contribution < 1.29 is 42.8 Å². The molecular formula is C33H31Cl2FN2O8. The summed E-state index contributed by atoms with van der Waals surface area (Å²) < 4.78 is 44.2. The number of amides is 1. The molecule has 3 fully saturated rings. The number of hydrogen-bond donors (Lipinski definition) is 1. The fourth-order valence-electron chi connectivity index (χ4n) is 6.61. The maximum absolute atomic E-state index is 15.7. The van der Waals surface area contributed by atoms with Crippen LogP contribution in [0.4, 0.5) is 10.1 Å². The molecule has 3 atom stereocenters. The van der Waals surface area contributed by atoms with E-state index in [1.807, 2.05) is 0 Å². The summed E-state index contributed by atoms with van der Waals surface area (Å²) in [4.78, 5) is 29.3. The number of para-hydroxylation sites is 1. The lowest BCUT2D eigenvalue weighted by molar-refractivity contribution is -0.101. The van der Waals surface area contributed by atoms with Crippen LogP contribution in [-0.2, 0) is 20.8 Å². The predicted octanol–water partition coefficient (Wildman–Crippen LogP) is 5.65. The van der Waals surface area contributed by atoms with Crippen molar-refractivity contribution in [3.63, 3.8) is 0 Å². The summed E-state index contributed by atoms with van der Waals surface area (Å²) in [7, 11) is 0. The van der Waals surface area contributed by atoms with Crippen LogP contribution in [0.2, 0.25) is 10.0 Å². The Hall–Kier alpha value is -3.61. The Balaban J connectivity index is 1.14. The molecule has 1 N–H and O–H groups in total. The number of nitrogens with zero attached hydrogens (tertiary/aromatic N) is 2. The van der Waals surface area contributed by atoms with Crippen LogP contribution >= 0.6 is 23.2 Å². The Kier molecular flexibility index (Phi) is 8.69. The summed E-state index contributed by atoms with van der Waals surface area (Å²) in [5.74, 6) is -1.51. The van der Waals surface area contributed by atoms with Crippen LogP contribution in [0.5, 0.6) is 11.5 Å².